The monoisotopic (exact) mass is 307 g/mol. The summed E-state index contributed by atoms with van der Waals surface area (Å²) in [5.74, 6) is 1.60. The molecule has 22 heavy (non-hydrogen) atoms. The van der Waals surface area contributed by atoms with Crippen LogP contribution in [-0.4, -0.2) is 67.1 Å². The normalized spacial score (nSPS) is 26.0. The smallest absolute Gasteiger partial charge is 0.291 e. The fourth-order valence-electron chi connectivity index (χ4n) is 3.70. The summed E-state index contributed by atoms with van der Waals surface area (Å²) in [6.45, 7) is 5.94. The van der Waals surface area contributed by atoms with Gasteiger partial charge in [-0.05, 0) is 44.2 Å². The Morgan fingerprint density at radius 2 is 2.09 bits per heavy atom. The molecule has 2 atom stereocenters. The molecular formula is C16H25N3O3. The second-order valence-electron chi connectivity index (χ2n) is 6.36. The van der Waals surface area contributed by atoms with Crippen molar-refractivity contribution >= 4 is 5.91 Å². The molecule has 2 fully saturated rings. The van der Waals surface area contributed by atoms with Gasteiger partial charge in [0.25, 0.3) is 5.91 Å². The molecule has 0 radical (unpaired) electrons. The minimum atomic E-state index is -0.0116. The molecule has 2 aliphatic heterocycles. The predicted molar refractivity (Wildman–Crippen MR) is 81.6 cm³/mol. The third-order valence-corrected chi connectivity index (χ3v) is 4.96. The van der Waals surface area contributed by atoms with Gasteiger partial charge in [0.2, 0.25) is 5.76 Å². The maximum Gasteiger partial charge on any atom is 0.291 e. The van der Waals surface area contributed by atoms with Crippen molar-refractivity contribution in [1.82, 2.24) is 14.8 Å². The van der Waals surface area contributed by atoms with E-state index in [4.69, 9.17) is 9.15 Å². The number of nitrogens with zero attached hydrogens (tertiary/aromatic N) is 3. The van der Waals surface area contributed by atoms with Crippen molar-refractivity contribution in [2.75, 3.05) is 46.4 Å². The summed E-state index contributed by atoms with van der Waals surface area (Å²) in [4.78, 5) is 20.7. The maximum atomic E-state index is 12.3. The van der Waals surface area contributed by atoms with Gasteiger partial charge >= 0.3 is 0 Å². The number of fused-ring (bicyclic) bond motifs is 1. The number of hydrogen-bond acceptors (Lipinski definition) is 5. The summed E-state index contributed by atoms with van der Waals surface area (Å²) in [6, 6.07) is 0. The van der Waals surface area contributed by atoms with Crippen molar-refractivity contribution in [2.45, 2.75) is 19.3 Å². The summed E-state index contributed by atoms with van der Waals surface area (Å²) in [5.41, 5.74) is 0. The van der Waals surface area contributed by atoms with Crippen molar-refractivity contribution in [3.8, 4) is 0 Å². The molecule has 122 valence electrons. The lowest BCUT2D eigenvalue weighted by Crippen LogP contribution is -2.31. The highest BCUT2D eigenvalue weighted by molar-refractivity contribution is 5.91. The Bertz CT molecular complexity index is 461. The molecule has 0 bridgehead atoms. The van der Waals surface area contributed by atoms with Crippen LogP contribution in [0.5, 0.6) is 0 Å². The summed E-state index contributed by atoms with van der Waals surface area (Å²) >= 11 is 0. The summed E-state index contributed by atoms with van der Waals surface area (Å²) in [7, 11) is 1.76. The van der Waals surface area contributed by atoms with Crippen LogP contribution in [-0.2, 0) is 4.74 Å². The van der Waals surface area contributed by atoms with E-state index in [0.29, 0.717) is 17.6 Å². The van der Waals surface area contributed by atoms with Crippen LogP contribution in [0.1, 0.15) is 29.8 Å². The van der Waals surface area contributed by atoms with E-state index < -0.39 is 0 Å². The van der Waals surface area contributed by atoms with Crippen LogP contribution in [0.15, 0.2) is 17.0 Å². The minimum absolute atomic E-state index is 0.0116. The average molecular weight is 307 g/mol. The van der Waals surface area contributed by atoms with Crippen LogP contribution in [0, 0.1) is 11.8 Å². The largest absolute Gasteiger partial charge is 0.438 e. The molecule has 6 nitrogen and oxygen atoms in total. The first kappa shape index (κ1) is 15.5. The van der Waals surface area contributed by atoms with Gasteiger partial charge in [-0.25, -0.2) is 4.98 Å². The molecule has 0 saturated carbocycles. The molecule has 6 heteroatoms. The Morgan fingerprint density at radius 3 is 2.68 bits per heavy atom. The highest BCUT2D eigenvalue weighted by Gasteiger charge is 2.37. The standard InChI is InChI=1S/C16H25N3O3/c1-21-8-2-5-18-6-3-13-10-19(11-14(13)4-7-18)16(20)15-9-17-12-22-15/h9,12-14H,2-8,10-11H2,1H3/t13-,14+. The van der Waals surface area contributed by atoms with Gasteiger partial charge in [0.1, 0.15) is 0 Å². The predicted octanol–water partition coefficient (Wildman–Crippen LogP) is 1.50. The molecule has 0 unspecified atom stereocenters. The number of carbonyl (C=O) groups excluding carboxylic acids is 1. The second-order valence-corrected chi connectivity index (χ2v) is 6.36. The molecule has 1 aromatic rings. The molecule has 3 rings (SSSR count). The quantitative estimate of drug-likeness (QED) is 0.772. The SMILES string of the molecule is COCCCN1CC[C@@H]2CN(C(=O)c3cnco3)C[C@@H]2CC1. The number of hydrogen-bond donors (Lipinski definition) is 0. The van der Waals surface area contributed by atoms with Crippen LogP contribution >= 0.6 is 0 Å². The van der Waals surface area contributed by atoms with Crippen molar-refractivity contribution in [1.29, 1.82) is 0 Å². The van der Waals surface area contributed by atoms with Gasteiger partial charge in [-0.1, -0.05) is 0 Å². The topological polar surface area (TPSA) is 58.8 Å². The van der Waals surface area contributed by atoms with Crippen LogP contribution in [0.4, 0.5) is 0 Å². The number of carbonyl (C=O) groups is 1. The molecule has 0 aliphatic carbocycles. The van der Waals surface area contributed by atoms with Crippen molar-refractivity contribution < 1.29 is 13.9 Å². The highest BCUT2D eigenvalue weighted by atomic mass is 16.5. The van der Waals surface area contributed by atoms with E-state index in [9.17, 15) is 4.79 Å². The first-order valence-corrected chi connectivity index (χ1v) is 8.17. The third-order valence-electron chi connectivity index (χ3n) is 4.96. The lowest BCUT2D eigenvalue weighted by atomic mass is 9.92. The summed E-state index contributed by atoms with van der Waals surface area (Å²) in [5, 5.41) is 0. The fraction of sp³-hybridized carbons (Fsp3) is 0.750. The average Bonchev–Trinajstić information content (AvgIpc) is 3.16. The number of ether oxygens (including phenoxy) is 1. The van der Waals surface area contributed by atoms with Gasteiger partial charge in [0, 0.05) is 33.4 Å². The van der Waals surface area contributed by atoms with Gasteiger partial charge in [0.15, 0.2) is 6.39 Å². The van der Waals surface area contributed by atoms with E-state index in [1.165, 1.54) is 25.4 Å². The van der Waals surface area contributed by atoms with Crippen LogP contribution in [0.2, 0.25) is 0 Å². The van der Waals surface area contributed by atoms with Gasteiger partial charge < -0.3 is 19.0 Å². The van der Waals surface area contributed by atoms with Crippen LogP contribution in [0.3, 0.4) is 0 Å². The van der Waals surface area contributed by atoms with Gasteiger partial charge in [-0.2, -0.15) is 0 Å². The van der Waals surface area contributed by atoms with Crippen molar-refractivity contribution in [3.05, 3.63) is 18.4 Å². The molecule has 3 heterocycles. The van der Waals surface area contributed by atoms with Crippen molar-refractivity contribution in [3.63, 3.8) is 0 Å². The summed E-state index contributed by atoms with van der Waals surface area (Å²) in [6.07, 6.45) is 6.28. The van der Waals surface area contributed by atoms with E-state index in [-0.39, 0.29) is 5.91 Å². The molecule has 2 saturated heterocycles. The first-order chi connectivity index (χ1) is 10.8. The zero-order chi connectivity index (χ0) is 15.4. The van der Waals surface area contributed by atoms with E-state index in [1.54, 1.807) is 7.11 Å². The fourth-order valence-corrected chi connectivity index (χ4v) is 3.70. The zero-order valence-corrected chi connectivity index (χ0v) is 13.2. The number of amides is 1. The van der Waals surface area contributed by atoms with Gasteiger partial charge in [-0.3, -0.25) is 4.79 Å². The van der Waals surface area contributed by atoms with E-state index in [1.807, 2.05) is 4.90 Å². The molecule has 0 aromatic carbocycles. The van der Waals surface area contributed by atoms with E-state index >= 15 is 0 Å². The molecule has 1 amide bonds. The third kappa shape index (κ3) is 3.50. The van der Waals surface area contributed by atoms with Gasteiger partial charge in [0.05, 0.1) is 6.20 Å². The number of oxazole rings is 1. The van der Waals surface area contributed by atoms with Gasteiger partial charge in [-0.15, -0.1) is 0 Å². The first-order valence-electron chi connectivity index (χ1n) is 8.17. The second kappa shape index (κ2) is 7.24. The van der Waals surface area contributed by atoms with E-state index in [0.717, 1.165) is 45.8 Å². The molecule has 2 aliphatic rings. The Kier molecular flexibility index (Phi) is 5.10. The summed E-state index contributed by atoms with van der Waals surface area (Å²) < 4.78 is 10.3. The lowest BCUT2D eigenvalue weighted by molar-refractivity contribution is 0.0748. The molecule has 0 spiro atoms. The Balaban J connectivity index is 1.50. The number of aromatic nitrogens is 1. The number of likely N-dealkylation sites (tertiary alicyclic amines) is 2. The van der Waals surface area contributed by atoms with E-state index in [2.05, 4.69) is 9.88 Å². The van der Waals surface area contributed by atoms with Crippen LogP contribution < -0.4 is 0 Å². The minimum Gasteiger partial charge on any atom is -0.438 e. The number of rotatable bonds is 5. The Labute approximate surface area is 131 Å². The molecular weight excluding hydrogens is 282 g/mol. The number of methoxy groups -OCH3 is 1. The Hall–Kier alpha value is -1.40. The maximum absolute atomic E-state index is 12.3. The van der Waals surface area contributed by atoms with Crippen LogP contribution in [0.25, 0.3) is 0 Å². The Morgan fingerprint density at radius 1 is 1.36 bits per heavy atom. The highest BCUT2D eigenvalue weighted by Crippen LogP contribution is 2.32. The molecule has 1 aromatic heterocycles. The zero-order valence-electron chi connectivity index (χ0n) is 13.2. The van der Waals surface area contributed by atoms with Crippen molar-refractivity contribution in [2.24, 2.45) is 11.8 Å². The lowest BCUT2D eigenvalue weighted by Gasteiger charge is -2.21. The molecule has 0 N–H and O–H groups in total.